The van der Waals surface area contributed by atoms with Gasteiger partial charge in [-0.05, 0) is 42.5 Å². The van der Waals surface area contributed by atoms with Gasteiger partial charge in [-0.3, -0.25) is 4.79 Å². The van der Waals surface area contributed by atoms with Gasteiger partial charge in [-0.25, -0.2) is 4.39 Å². The van der Waals surface area contributed by atoms with Crippen molar-refractivity contribution in [3.05, 3.63) is 34.1 Å². The quantitative estimate of drug-likeness (QED) is 0.918. The Labute approximate surface area is 95.2 Å². The molecule has 2 rings (SSSR count). The lowest BCUT2D eigenvalue weighted by molar-refractivity contribution is -0.139. The van der Waals surface area contributed by atoms with Crippen molar-refractivity contribution >= 4 is 21.9 Å². The number of carboxylic acids is 1. The predicted molar refractivity (Wildman–Crippen MR) is 57.2 cm³/mol. The van der Waals surface area contributed by atoms with Gasteiger partial charge >= 0.3 is 5.97 Å². The first-order chi connectivity index (χ1) is 7.08. The van der Waals surface area contributed by atoms with E-state index >= 15 is 0 Å². The third-order valence-electron chi connectivity index (χ3n) is 2.60. The summed E-state index contributed by atoms with van der Waals surface area (Å²) < 4.78 is 13.7. The highest BCUT2D eigenvalue weighted by molar-refractivity contribution is 9.10. The van der Waals surface area contributed by atoms with Gasteiger partial charge in [0.15, 0.2) is 0 Å². The monoisotopic (exact) mass is 272 g/mol. The number of hydrogen-bond donors (Lipinski definition) is 1. The van der Waals surface area contributed by atoms with E-state index in [-0.39, 0.29) is 5.92 Å². The molecule has 0 heterocycles. The molecule has 0 radical (unpaired) electrons. The Morgan fingerprint density at radius 2 is 2.13 bits per heavy atom. The van der Waals surface area contributed by atoms with Crippen molar-refractivity contribution in [2.75, 3.05) is 0 Å². The second-order valence-electron chi connectivity index (χ2n) is 3.86. The molecule has 0 aromatic heterocycles. The van der Waals surface area contributed by atoms with Crippen LogP contribution >= 0.6 is 15.9 Å². The van der Waals surface area contributed by atoms with Gasteiger partial charge < -0.3 is 5.11 Å². The molecule has 1 unspecified atom stereocenters. The summed E-state index contributed by atoms with van der Waals surface area (Å²) in [5.74, 6) is -1.64. The van der Waals surface area contributed by atoms with Crippen LogP contribution in [0, 0.1) is 11.7 Å². The SMILES string of the molecule is O=C(O)C(c1cc(F)cc(Br)c1)C1CC1. The lowest BCUT2D eigenvalue weighted by Crippen LogP contribution is -2.13. The largest absolute Gasteiger partial charge is 0.481 e. The second-order valence-corrected chi connectivity index (χ2v) is 4.77. The molecule has 1 N–H and O–H groups in total. The summed E-state index contributed by atoms with van der Waals surface area (Å²) in [5, 5.41) is 9.08. The van der Waals surface area contributed by atoms with Gasteiger partial charge in [0.1, 0.15) is 5.82 Å². The van der Waals surface area contributed by atoms with Gasteiger partial charge in [0.05, 0.1) is 5.92 Å². The average molecular weight is 273 g/mol. The molecule has 0 aliphatic heterocycles. The molecule has 1 atom stereocenters. The molecule has 1 aliphatic rings. The summed E-state index contributed by atoms with van der Waals surface area (Å²) in [6, 6.07) is 4.32. The standard InChI is InChI=1S/C11H10BrFO2/c12-8-3-7(4-9(13)5-8)10(11(14)15)6-1-2-6/h3-6,10H,1-2H2,(H,14,15). The van der Waals surface area contributed by atoms with Crippen LogP contribution in [-0.4, -0.2) is 11.1 Å². The van der Waals surface area contributed by atoms with E-state index in [4.69, 9.17) is 5.11 Å². The molecule has 15 heavy (non-hydrogen) atoms. The van der Waals surface area contributed by atoms with Crippen LogP contribution in [-0.2, 0) is 4.79 Å². The maximum absolute atomic E-state index is 13.1. The molecule has 2 nitrogen and oxygen atoms in total. The van der Waals surface area contributed by atoms with Gasteiger partial charge in [-0.15, -0.1) is 0 Å². The van der Waals surface area contributed by atoms with Crippen molar-refractivity contribution in [2.45, 2.75) is 18.8 Å². The fourth-order valence-electron chi connectivity index (χ4n) is 1.80. The van der Waals surface area contributed by atoms with E-state index in [1.807, 2.05) is 0 Å². The van der Waals surface area contributed by atoms with E-state index in [2.05, 4.69) is 15.9 Å². The Morgan fingerprint density at radius 1 is 1.47 bits per heavy atom. The molecule has 0 spiro atoms. The fourth-order valence-corrected chi connectivity index (χ4v) is 2.28. The first kappa shape index (κ1) is 10.6. The Balaban J connectivity index is 2.36. The van der Waals surface area contributed by atoms with Gasteiger partial charge in [-0.2, -0.15) is 0 Å². The number of hydrogen-bond acceptors (Lipinski definition) is 1. The van der Waals surface area contributed by atoms with Crippen molar-refractivity contribution < 1.29 is 14.3 Å². The second kappa shape index (κ2) is 3.93. The molecule has 1 fully saturated rings. The zero-order valence-electron chi connectivity index (χ0n) is 7.91. The Bertz CT molecular complexity index is 381. The highest BCUT2D eigenvalue weighted by Crippen LogP contribution is 2.43. The summed E-state index contributed by atoms with van der Waals surface area (Å²) in [5.41, 5.74) is 0.553. The highest BCUT2D eigenvalue weighted by atomic mass is 79.9. The van der Waals surface area contributed by atoms with E-state index in [1.54, 1.807) is 6.07 Å². The molecule has 0 bridgehead atoms. The number of carboxylic acid groups (broad SMARTS) is 1. The molecule has 80 valence electrons. The first-order valence-electron chi connectivity index (χ1n) is 4.76. The van der Waals surface area contributed by atoms with Crippen molar-refractivity contribution in [2.24, 2.45) is 5.92 Å². The van der Waals surface area contributed by atoms with E-state index in [9.17, 15) is 9.18 Å². The van der Waals surface area contributed by atoms with Crippen molar-refractivity contribution in [3.63, 3.8) is 0 Å². The number of benzene rings is 1. The molecule has 1 aromatic carbocycles. The van der Waals surface area contributed by atoms with Crippen LogP contribution in [0.1, 0.15) is 24.3 Å². The van der Waals surface area contributed by atoms with E-state index in [0.29, 0.717) is 10.0 Å². The van der Waals surface area contributed by atoms with E-state index < -0.39 is 17.7 Å². The third kappa shape index (κ3) is 2.37. The fraction of sp³-hybridized carbons (Fsp3) is 0.364. The zero-order chi connectivity index (χ0) is 11.0. The zero-order valence-corrected chi connectivity index (χ0v) is 9.50. The normalized spacial score (nSPS) is 17.5. The maximum Gasteiger partial charge on any atom is 0.311 e. The number of halogens is 2. The molecule has 1 aliphatic carbocycles. The smallest absolute Gasteiger partial charge is 0.311 e. The number of carbonyl (C=O) groups is 1. The molecule has 0 amide bonds. The molecular formula is C11H10BrFO2. The minimum atomic E-state index is -0.866. The maximum atomic E-state index is 13.1. The highest BCUT2D eigenvalue weighted by Gasteiger charge is 2.37. The average Bonchev–Trinajstić information content (AvgIpc) is 2.85. The number of aliphatic carboxylic acids is 1. The van der Waals surface area contributed by atoms with Gasteiger partial charge in [0.25, 0.3) is 0 Å². The predicted octanol–water partition coefficient (Wildman–Crippen LogP) is 3.17. The summed E-state index contributed by atoms with van der Waals surface area (Å²) in [6.45, 7) is 0. The van der Waals surface area contributed by atoms with Crippen molar-refractivity contribution in [1.29, 1.82) is 0 Å². The van der Waals surface area contributed by atoms with Gasteiger partial charge in [-0.1, -0.05) is 15.9 Å². The Morgan fingerprint density at radius 3 is 2.60 bits per heavy atom. The van der Waals surface area contributed by atoms with Crippen LogP contribution in [0.2, 0.25) is 0 Å². The lowest BCUT2D eigenvalue weighted by atomic mass is 9.94. The van der Waals surface area contributed by atoms with Gasteiger partial charge in [0, 0.05) is 4.47 Å². The summed E-state index contributed by atoms with van der Waals surface area (Å²) in [7, 11) is 0. The van der Waals surface area contributed by atoms with Gasteiger partial charge in [0.2, 0.25) is 0 Å². The van der Waals surface area contributed by atoms with Crippen LogP contribution in [0.3, 0.4) is 0 Å². The minimum Gasteiger partial charge on any atom is -0.481 e. The van der Waals surface area contributed by atoms with Crippen LogP contribution in [0.4, 0.5) is 4.39 Å². The van der Waals surface area contributed by atoms with Crippen LogP contribution in [0.25, 0.3) is 0 Å². The summed E-state index contributed by atoms with van der Waals surface area (Å²) in [4.78, 5) is 11.1. The third-order valence-corrected chi connectivity index (χ3v) is 3.06. The van der Waals surface area contributed by atoms with Crippen molar-refractivity contribution in [3.8, 4) is 0 Å². The Hall–Kier alpha value is -0.900. The molecule has 0 saturated heterocycles. The summed E-state index contributed by atoms with van der Waals surface area (Å²) in [6.07, 6.45) is 1.84. The number of rotatable bonds is 3. The topological polar surface area (TPSA) is 37.3 Å². The first-order valence-corrected chi connectivity index (χ1v) is 5.56. The van der Waals surface area contributed by atoms with Crippen molar-refractivity contribution in [1.82, 2.24) is 0 Å². The van der Waals surface area contributed by atoms with E-state index in [1.165, 1.54) is 12.1 Å². The Kier molecular flexibility index (Phi) is 2.78. The summed E-state index contributed by atoms with van der Waals surface area (Å²) >= 11 is 3.17. The molecule has 4 heteroatoms. The van der Waals surface area contributed by atoms with Crippen LogP contribution in [0.5, 0.6) is 0 Å². The molecular weight excluding hydrogens is 263 g/mol. The minimum absolute atomic E-state index is 0.177. The van der Waals surface area contributed by atoms with E-state index in [0.717, 1.165) is 12.8 Å². The molecule has 1 saturated carbocycles. The van der Waals surface area contributed by atoms with Crippen LogP contribution in [0.15, 0.2) is 22.7 Å². The van der Waals surface area contributed by atoms with Crippen LogP contribution < -0.4 is 0 Å². The molecule has 1 aromatic rings. The lowest BCUT2D eigenvalue weighted by Gasteiger charge is -2.11.